The number of likely N-dealkylation sites (N-methyl/N-ethyl adjacent to an activating group) is 1. The lowest BCUT2D eigenvalue weighted by molar-refractivity contribution is -0.131. The Morgan fingerprint density at radius 3 is 2.40 bits per heavy atom. The van der Waals surface area contributed by atoms with E-state index in [1.165, 1.54) is 24.8 Å². The van der Waals surface area contributed by atoms with E-state index in [-0.39, 0.29) is 13.3 Å². The van der Waals surface area contributed by atoms with E-state index in [4.69, 9.17) is 11.6 Å². The van der Waals surface area contributed by atoms with Gasteiger partial charge in [-0.3, -0.25) is 4.79 Å². The van der Waals surface area contributed by atoms with Gasteiger partial charge in [0.2, 0.25) is 5.91 Å². The number of halogens is 1. The van der Waals surface area contributed by atoms with E-state index in [1.807, 2.05) is 29.2 Å². The van der Waals surface area contributed by atoms with Gasteiger partial charge in [0, 0.05) is 66.4 Å². The largest absolute Gasteiger partial charge is 0.478 e. The number of hydrogen-bond acceptors (Lipinski definition) is 4. The highest BCUT2D eigenvalue weighted by Gasteiger charge is 2.32. The van der Waals surface area contributed by atoms with E-state index in [0.717, 1.165) is 73.4 Å². The number of rotatable bonds is 5. The minimum absolute atomic E-state index is 0. The number of carboxylic acid groups (broad SMARTS) is 1. The monoisotopic (exact) mass is 564 g/mol. The fourth-order valence-corrected chi connectivity index (χ4v) is 7.05. The van der Waals surface area contributed by atoms with Gasteiger partial charge in [0.15, 0.2) is 0 Å². The molecule has 0 spiro atoms. The first-order chi connectivity index (χ1) is 18.9. The highest BCUT2D eigenvalue weighted by Crippen LogP contribution is 2.47. The van der Waals surface area contributed by atoms with Gasteiger partial charge in [0.25, 0.3) is 0 Å². The lowest BCUT2D eigenvalue weighted by atomic mass is 9.81. The molecule has 0 atom stereocenters. The Bertz CT molecular complexity index is 1400. The smallest absolute Gasteiger partial charge is 0.335 e. The predicted octanol–water partition coefficient (Wildman–Crippen LogP) is 6.33. The van der Waals surface area contributed by atoms with Crippen LogP contribution in [0.5, 0.6) is 0 Å². The average Bonchev–Trinajstić information content (AvgIpc) is 3.20. The number of amides is 1. The number of hydrogen-bond donors (Lipinski definition) is 1. The second-order valence-electron chi connectivity index (χ2n) is 11.2. The van der Waals surface area contributed by atoms with Gasteiger partial charge in [-0.25, -0.2) is 4.79 Å². The first kappa shape index (κ1) is 28.5. The molecule has 7 nitrogen and oxygen atoms in total. The molecule has 1 saturated carbocycles. The van der Waals surface area contributed by atoms with Crippen molar-refractivity contribution in [3.8, 4) is 11.3 Å². The van der Waals surface area contributed by atoms with Crippen LogP contribution >= 0.6 is 11.6 Å². The summed E-state index contributed by atoms with van der Waals surface area (Å²) >= 11 is 6.56. The molecule has 3 heterocycles. The van der Waals surface area contributed by atoms with E-state index in [1.54, 1.807) is 6.07 Å². The van der Waals surface area contributed by atoms with E-state index >= 15 is 0 Å². The third kappa shape index (κ3) is 5.21. The first-order valence-electron chi connectivity index (χ1n) is 14.4. The van der Waals surface area contributed by atoms with Crippen LogP contribution < -0.4 is 4.90 Å². The lowest BCUT2D eigenvalue weighted by Crippen LogP contribution is -2.51. The number of piperazine rings is 1. The first-order valence-corrected chi connectivity index (χ1v) is 14.8. The highest BCUT2D eigenvalue weighted by molar-refractivity contribution is 6.31. The predicted molar refractivity (Wildman–Crippen MR) is 163 cm³/mol. The fraction of sp³-hybridized carbons (Fsp3) is 0.500. The molecule has 1 aliphatic carbocycles. The van der Waals surface area contributed by atoms with Gasteiger partial charge in [-0.2, -0.15) is 0 Å². The van der Waals surface area contributed by atoms with Gasteiger partial charge in [0.1, 0.15) is 0 Å². The van der Waals surface area contributed by atoms with Crippen molar-refractivity contribution < 1.29 is 14.7 Å². The molecule has 0 unspecified atom stereocenters. The Morgan fingerprint density at radius 2 is 1.70 bits per heavy atom. The minimum atomic E-state index is -0.914. The quantitative estimate of drug-likeness (QED) is 0.392. The van der Waals surface area contributed by atoms with Crippen molar-refractivity contribution in [2.75, 3.05) is 50.7 Å². The third-order valence-electron chi connectivity index (χ3n) is 9.01. The third-order valence-corrected chi connectivity index (χ3v) is 9.25. The van der Waals surface area contributed by atoms with E-state index < -0.39 is 5.97 Å². The van der Waals surface area contributed by atoms with Crippen LogP contribution in [-0.2, 0) is 11.3 Å². The molecule has 3 aromatic rings. The molecule has 1 amide bonds. The lowest BCUT2D eigenvalue weighted by Gasteiger charge is -2.35. The summed E-state index contributed by atoms with van der Waals surface area (Å²) in [6.07, 6.45) is 5.97. The van der Waals surface area contributed by atoms with Gasteiger partial charge in [-0.05, 0) is 61.2 Å². The number of carbonyl (C=O) groups excluding carboxylic acids is 1. The summed E-state index contributed by atoms with van der Waals surface area (Å²) in [5.41, 5.74) is 5.83. The Kier molecular flexibility index (Phi) is 8.43. The number of anilines is 1. The van der Waals surface area contributed by atoms with Crippen LogP contribution in [0, 0.1) is 0 Å². The van der Waals surface area contributed by atoms with Crippen LogP contribution in [0.4, 0.5) is 5.69 Å². The summed E-state index contributed by atoms with van der Waals surface area (Å²) in [5, 5.41) is 11.6. The summed E-state index contributed by atoms with van der Waals surface area (Å²) < 4.78 is 2.31. The number of nitrogens with zero attached hydrogens (tertiary/aromatic N) is 4. The number of fused-ring (bicyclic) bond motifs is 5. The van der Waals surface area contributed by atoms with Crippen LogP contribution in [0.25, 0.3) is 22.2 Å². The molecular formula is C32H41ClN4O3. The van der Waals surface area contributed by atoms with Crippen molar-refractivity contribution in [1.29, 1.82) is 0 Å². The SMILES string of the molecule is C.CCN1CCN(C(=O)CN2CCn3c(c(C4CCCCC4)c4ccc(C(=O)O)cc43)-c3ccc(Cl)cc32)CC1. The van der Waals surface area contributed by atoms with Crippen molar-refractivity contribution in [3.05, 3.63) is 52.5 Å². The molecule has 2 aromatic carbocycles. The van der Waals surface area contributed by atoms with Gasteiger partial charge >= 0.3 is 5.97 Å². The van der Waals surface area contributed by atoms with Crippen molar-refractivity contribution in [2.45, 2.75) is 58.9 Å². The highest BCUT2D eigenvalue weighted by atomic mass is 35.5. The summed E-state index contributed by atoms with van der Waals surface area (Å²) in [5.74, 6) is -0.337. The van der Waals surface area contributed by atoms with E-state index in [9.17, 15) is 14.7 Å². The van der Waals surface area contributed by atoms with Crippen LogP contribution in [-0.4, -0.2) is 77.2 Å². The second kappa shape index (κ2) is 11.8. The molecule has 1 N–H and O–H groups in total. The summed E-state index contributed by atoms with van der Waals surface area (Å²) in [6, 6.07) is 11.6. The molecule has 0 bridgehead atoms. The minimum Gasteiger partial charge on any atom is -0.478 e. The molecule has 8 heteroatoms. The number of aromatic carboxylic acids is 1. The normalized spacial score (nSPS) is 18.1. The van der Waals surface area contributed by atoms with Crippen molar-refractivity contribution in [3.63, 3.8) is 0 Å². The van der Waals surface area contributed by atoms with Gasteiger partial charge in [-0.1, -0.05) is 51.3 Å². The zero-order valence-electron chi connectivity index (χ0n) is 22.7. The maximum Gasteiger partial charge on any atom is 0.335 e. The van der Waals surface area contributed by atoms with Crippen molar-refractivity contribution >= 4 is 40.1 Å². The topological polar surface area (TPSA) is 69.0 Å². The molecule has 0 radical (unpaired) electrons. The fourth-order valence-electron chi connectivity index (χ4n) is 6.89. The van der Waals surface area contributed by atoms with Crippen molar-refractivity contribution in [1.82, 2.24) is 14.4 Å². The zero-order valence-corrected chi connectivity index (χ0v) is 23.4. The molecule has 1 aromatic heterocycles. The Morgan fingerprint density at radius 1 is 0.950 bits per heavy atom. The zero-order chi connectivity index (χ0) is 27.1. The van der Waals surface area contributed by atoms with E-state index in [0.29, 0.717) is 36.1 Å². The maximum absolute atomic E-state index is 13.5. The maximum atomic E-state index is 13.5. The number of carboxylic acids is 1. The van der Waals surface area contributed by atoms with Crippen LogP contribution in [0.3, 0.4) is 0 Å². The molecule has 2 aliphatic heterocycles. The van der Waals surface area contributed by atoms with Crippen molar-refractivity contribution in [2.24, 2.45) is 0 Å². The Labute approximate surface area is 242 Å². The number of benzene rings is 2. The number of carbonyl (C=O) groups is 2. The van der Waals surface area contributed by atoms with Gasteiger partial charge in [0.05, 0.1) is 17.8 Å². The van der Waals surface area contributed by atoms with E-state index in [2.05, 4.69) is 27.4 Å². The molecule has 214 valence electrons. The molecule has 40 heavy (non-hydrogen) atoms. The average molecular weight is 565 g/mol. The number of aromatic nitrogens is 1. The molecular weight excluding hydrogens is 524 g/mol. The molecule has 6 rings (SSSR count). The van der Waals surface area contributed by atoms with Crippen LogP contribution in [0.15, 0.2) is 36.4 Å². The summed E-state index contributed by atoms with van der Waals surface area (Å²) in [7, 11) is 0. The molecule has 2 fully saturated rings. The Hall–Kier alpha value is -3.03. The van der Waals surface area contributed by atoms with Crippen LogP contribution in [0.1, 0.15) is 68.3 Å². The molecule has 1 saturated heterocycles. The van der Waals surface area contributed by atoms with Crippen LogP contribution in [0.2, 0.25) is 5.02 Å². The standard InChI is InChI=1S/C31H37ClN4O3.CH4/c1-2-33-12-14-34(15-13-33)28(37)20-35-16-17-36-27-18-22(31(38)39)8-10-24(27)29(21-6-4-3-5-7-21)30(36)25-11-9-23(32)19-26(25)35;/h8-11,18-19,21H,2-7,12-17,20H2,1H3,(H,38,39);1H4. The van der Waals surface area contributed by atoms with Gasteiger partial charge < -0.3 is 24.4 Å². The summed E-state index contributed by atoms with van der Waals surface area (Å²) in [4.78, 5) is 31.9. The molecule has 3 aliphatic rings. The Balaban J connectivity index is 0.00000323. The second-order valence-corrected chi connectivity index (χ2v) is 11.6. The van der Waals surface area contributed by atoms with Gasteiger partial charge in [-0.15, -0.1) is 0 Å². The summed E-state index contributed by atoms with van der Waals surface area (Å²) in [6.45, 7) is 8.15.